The van der Waals surface area contributed by atoms with Crippen LogP contribution in [0, 0.1) is 0 Å². The minimum Gasteiger partial charge on any atom is -0.414 e. The number of aromatic amines is 1. The summed E-state index contributed by atoms with van der Waals surface area (Å²) in [6.07, 6.45) is 6.58. The summed E-state index contributed by atoms with van der Waals surface area (Å²) < 4.78 is 21.9. The molecule has 0 radical (unpaired) electrons. The van der Waals surface area contributed by atoms with Gasteiger partial charge in [0.2, 0.25) is 5.95 Å². The number of H-pyrrole nitrogens is 1. The van der Waals surface area contributed by atoms with Gasteiger partial charge in [0.05, 0.1) is 19.0 Å². The van der Waals surface area contributed by atoms with Crippen LogP contribution in [0.4, 0.5) is 10.7 Å². The van der Waals surface area contributed by atoms with Gasteiger partial charge in [-0.05, 0) is 49.1 Å². The standard InChI is InChI=1S/C29H52N6O5Si2/c1-28(2,3)41(7,8)38-17-21-20(40-42(9,10)29(4,5)6)16-22(39-21)35-18-30-23-24(35)32-26(33-25(23)36)34-27(37)31-19-14-12-11-13-15-19/h18-22H,11-17H2,1-10H3,(H3,31,32,33,34,36,37)/t20-,21+,22+/m0/s1. The fourth-order valence-corrected chi connectivity index (χ4v) is 7.35. The van der Waals surface area contributed by atoms with Crippen LogP contribution in [0.25, 0.3) is 11.2 Å². The monoisotopic (exact) mass is 620 g/mol. The fourth-order valence-electron chi connectivity index (χ4n) is 4.98. The molecule has 3 atom stereocenters. The van der Waals surface area contributed by atoms with E-state index in [4.69, 9.17) is 13.6 Å². The molecule has 13 heteroatoms. The van der Waals surface area contributed by atoms with Crippen LogP contribution in [-0.4, -0.2) is 67.0 Å². The highest BCUT2D eigenvalue weighted by atomic mass is 28.4. The average Bonchev–Trinajstić information content (AvgIpc) is 3.46. The number of hydrogen-bond acceptors (Lipinski definition) is 7. The number of ether oxygens (including phenoxy) is 1. The molecule has 1 aliphatic heterocycles. The molecule has 3 heterocycles. The second-order valence-electron chi connectivity index (χ2n) is 15.0. The first kappa shape index (κ1) is 32.8. The van der Waals surface area contributed by atoms with Gasteiger partial charge >= 0.3 is 6.03 Å². The van der Waals surface area contributed by atoms with Crippen LogP contribution in [0.5, 0.6) is 0 Å². The highest BCUT2D eigenvalue weighted by molar-refractivity contribution is 6.74. The van der Waals surface area contributed by atoms with Gasteiger partial charge in [-0.3, -0.25) is 19.7 Å². The van der Waals surface area contributed by atoms with Gasteiger partial charge in [-0.15, -0.1) is 0 Å². The van der Waals surface area contributed by atoms with E-state index in [9.17, 15) is 9.59 Å². The van der Waals surface area contributed by atoms with Crippen LogP contribution in [-0.2, 0) is 13.6 Å². The van der Waals surface area contributed by atoms with Crippen molar-refractivity contribution < 1.29 is 18.4 Å². The van der Waals surface area contributed by atoms with E-state index in [0.717, 1.165) is 25.7 Å². The maximum atomic E-state index is 12.9. The Kier molecular flexibility index (Phi) is 9.49. The highest BCUT2D eigenvalue weighted by Gasteiger charge is 2.47. The Morgan fingerprint density at radius 3 is 2.33 bits per heavy atom. The zero-order valence-electron chi connectivity index (χ0n) is 27.2. The number of imidazole rings is 1. The SMILES string of the molecule is CC(C)(C)[Si](C)(C)OC[C@H]1O[C@@H](n2cnc3c(=O)[nH]c(NC(=O)NC4CCCCC4)nc32)C[C@@H]1O[Si](C)(C)C(C)(C)C. The summed E-state index contributed by atoms with van der Waals surface area (Å²) in [5.41, 5.74) is 0.130. The third-order valence-corrected chi connectivity index (χ3v) is 18.8. The number of fused-ring (bicyclic) bond motifs is 1. The Labute approximate surface area is 252 Å². The molecule has 2 aromatic heterocycles. The summed E-state index contributed by atoms with van der Waals surface area (Å²) in [6, 6.07) is -0.242. The maximum absolute atomic E-state index is 12.9. The van der Waals surface area contributed by atoms with Gasteiger partial charge in [-0.25, -0.2) is 9.78 Å². The van der Waals surface area contributed by atoms with Crippen molar-refractivity contribution >= 4 is 39.8 Å². The van der Waals surface area contributed by atoms with Crippen LogP contribution in [0.2, 0.25) is 36.3 Å². The average molecular weight is 621 g/mol. The van der Waals surface area contributed by atoms with Crippen LogP contribution in [0.3, 0.4) is 0 Å². The number of carbonyl (C=O) groups excluding carboxylic acids is 1. The Morgan fingerprint density at radius 1 is 1.07 bits per heavy atom. The second-order valence-corrected chi connectivity index (χ2v) is 24.6. The van der Waals surface area contributed by atoms with Crippen LogP contribution >= 0.6 is 0 Å². The smallest absolute Gasteiger partial charge is 0.321 e. The highest BCUT2D eigenvalue weighted by Crippen LogP contribution is 2.42. The number of hydrogen-bond donors (Lipinski definition) is 3. The van der Waals surface area contributed by atoms with Gasteiger partial charge in [0.15, 0.2) is 27.8 Å². The molecule has 0 aromatic carbocycles. The van der Waals surface area contributed by atoms with Crippen molar-refractivity contribution in [3.05, 3.63) is 16.7 Å². The van der Waals surface area contributed by atoms with E-state index in [0.29, 0.717) is 18.7 Å². The van der Waals surface area contributed by atoms with E-state index >= 15 is 0 Å². The molecule has 11 nitrogen and oxygen atoms in total. The molecule has 1 aliphatic carbocycles. The van der Waals surface area contributed by atoms with E-state index in [-0.39, 0.29) is 45.8 Å². The number of amides is 2. The van der Waals surface area contributed by atoms with Gasteiger partial charge in [0.1, 0.15) is 12.3 Å². The van der Waals surface area contributed by atoms with Crippen molar-refractivity contribution in [1.82, 2.24) is 24.8 Å². The number of nitrogens with zero attached hydrogens (tertiary/aromatic N) is 3. The quantitative estimate of drug-likeness (QED) is 0.296. The number of carbonyl (C=O) groups is 1. The molecule has 4 rings (SSSR count). The van der Waals surface area contributed by atoms with Crippen molar-refractivity contribution in [2.75, 3.05) is 11.9 Å². The van der Waals surface area contributed by atoms with Crippen molar-refractivity contribution in [2.45, 2.75) is 141 Å². The van der Waals surface area contributed by atoms with Gasteiger partial charge in [0, 0.05) is 12.5 Å². The molecule has 0 unspecified atom stereocenters. The molecule has 3 N–H and O–H groups in total. The molecule has 0 bridgehead atoms. The Balaban J connectivity index is 1.57. The Morgan fingerprint density at radius 2 is 1.71 bits per heavy atom. The lowest BCUT2D eigenvalue weighted by Gasteiger charge is -2.40. The van der Waals surface area contributed by atoms with Crippen molar-refractivity contribution in [1.29, 1.82) is 0 Å². The lowest BCUT2D eigenvalue weighted by atomic mass is 9.96. The van der Waals surface area contributed by atoms with E-state index in [1.807, 2.05) is 0 Å². The number of urea groups is 1. The molecule has 0 spiro atoms. The lowest BCUT2D eigenvalue weighted by molar-refractivity contribution is -0.0383. The van der Waals surface area contributed by atoms with Crippen LogP contribution < -0.4 is 16.2 Å². The Bertz CT molecular complexity index is 1310. The fraction of sp³-hybridized carbons (Fsp3) is 0.793. The molecular formula is C29H52N6O5Si2. The first-order chi connectivity index (χ1) is 19.4. The second kappa shape index (κ2) is 12.1. The first-order valence-corrected chi connectivity index (χ1v) is 21.2. The van der Waals surface area contributed by atoms with E-state index in [2.05, 4.69) is 93.3 Å². The van der Waals surface area contributed by atoms with Crippen molar-refractivity contribution in [3.8, 4) is 0 Å². The summed E-state index contributed by atoms with van der Waals surface area (Å²) in [6.45, 7) is 22.8. The van der Waals surface area contributed by atoms with Gasteiger partial charge in [0.25, 0.3) is 5.56 Å². The lowest BCUT2D eigenvalue weighted by Crippen LogP contribution is -2.48. The zero-order valence-corrected chi connectivity index (χ0v) is 29.2. The molecule has 2 aliphatic rings. The van der Waals surface area contributed by atoms with Crippen molar-refractivity contribution in [2.24, 2.45) is 0 Å². The largest absolute Gasteiger partial charge is 0.414 e. The number of anilines is 1. The predicted octanol–water partition coefficient (Wildman–Crippen LogP) is 6.27. The molecule has 42 heavy (non-hydrogen) atoms. The molecule has 1 saturated carbocycles. The zero-order chi connectivity index (χ0) is 31.1. The number of rotatable bonds is 8. The summed E-state index contributed by atoms with van der Waals surface area (Å²) in [5, 5.41) is 5.81. The van der Waals surface area contributed by atoms with E-state index in [1.165, 1.54) is 6.42 Å². The third-order valence-electron chi connectivity index (χ3n) is 9.76. The molecule has 2 amide bonds. The molecule has 2 fully saturated rings. The molecule has 1 saturated heterocycles. The minimum absolute atomic E-state index is 0.0330. The van der Waals surface area contributed by atoms with Gasteiger partial charge < -0.3 is 18.9 Å². The van der Waals surface area contributed by atoms with E-state index in [1.54, 1.807) is 10.9 Å². The van der Waals surface area contributed by atoms with E-state index < -0.39 is 28.4 Å². The van der Waals surface area contributed by atoms with Gasteiger partial charge in [-0.1, -0.05) is 60.8 Å². The predicted molar refractivity (Wildman–Crippen MR) is 171 cm³/mol. The van der Waals surface area contributed by atoms with Crippen LogP contribution in [0.15, 0.2) is 11.1 Å². The van der Waals surface area contributed by atoms with Crippen LogP contribution in [0.1, 0.15) is 86.3 Å². The normalized spacial score (nSPS) is 23.0. The number of nitrogens with one attached hydrogen (secondary N) is 3. The molecule has 2 aromatic rings. The molecule has 236 valence electrons. The topological polar surface area (TPSA) is 132 Å². The Hall–Kier alpha value is -2.07. The molecular weight excluding hydrogens is 569 g/mol. The number of aromatic nitrogens is 4. The summed E-state index contributed by atoms with van der Waals surface area (Å²) in [7, 11) is -4.14. The van der Waals surface area contributed by atoms with Crippen molar-refractivity contribution in [3.63, 3.8) is 0 Å². The summed E-state index contributed by atoms with van der Waals surface area (Å²) in [5.74, 6) is 0.0763. The third kappa shape index (κ3) is 7.35. The minimum atomic E-state index is -2.12. The summed E-state index contributed by atoms with van der Waals surface area (Å²) in [4.78, 5) is 37.2. The first-order valence-electron chi connectivity index (χ1n) is 15.4. The summed E-state index contributed by atoms with van der Waals surface area (Å²) >= 11 is 0. The maximum Gasteiger partial charge on any atom is 0.321 e. The van der Waals surface area contributed by atoms with Gasteiger partial charge in [-0.2, -0.15) is 4.98 Å².